The van der Waals surface area contributed by atoms with E-state index in [-0.39, 0.29) is 5.41 Å². The molecule has 0 radical (unpaired) electrons. The van der Waals surface area contributed by atoms with Crippen molar-refractivity contribution in [1.29, 1.82) is 0 Å². The van der Waals surface area contributed by atoms with E-state index in [0.29, 0.717) is 23.3 Å². The molecule has 2 aromatic rings. The third-order valence-corrected chi connectivity index (χ3v) is 6.05. The van der Waals surface area contributed by atoms with Gasteiger partial charge in [0.2, 0.25) is 0 Å². The molecule has 1 fully saturated rings. The van der Waals surface area contributed by atoms with E-state index < -0.39 is 0 Å². The zero-order chi connectivity index (χ0) is 17.5. The monoisotopic (exact) mass is 324 g/mol. The topological polar surface area (TPSA) is 40.5 Å². The van der Waals surface area contributed by atoms with Crippen LogP contribution < -0.4 is 0 Å². The zero-order valence-corrected chi connectivity index (χ0v) is 15.1. The minimum Gasteiger partial charge on any atom is -0.508 e. The molecule has 1 aliphatic carbocycles. The third kappa shape index (κ3) is 2.79. The average molecular weight is 324 g/mol. The quantitative estimate of drug-likeness (QED) is 0.757. The normalized spacial score (nSPS) is 27.2. The summed E-state index contributed by atoms with van der Waals surface area (Å²) in [6.45, 7) is 8.64. The Morgan fingerprint density at radius 2 is 1.58 bits per heavy atom. The molecule has 128 valence electrons. The molecule has 3 unspecified atom stereocenters. The summed E-state index contributed by atoms with van der Waals surface area (Å²) in [5.74, 6) is 1.73. The van der Waals surface area contributed by atoms with Gasteiger partial charge < -0.3 is 10.2 Å². The van der Waals surface area contributed by atoms with Crippen LogP contribution in [0.4, 0.5) is 0 Å². The first-order valence-corrected chi connectivity index (χ1v) is 8.92. The zero-order valence-electron chi connectivity index (χ0n) is 15.1. The van der Waals surface area contributed by atoms with Gasteiger partial charge in [-0.2, -0.15) is 0 Å². The van der Waals surface area contributed by atoms with Crippen LogP contribution in [-0.2, 0) is 5.41 Å². The Labute approximate surface area is 145 Å². The Balaban J connectivity index is 2.11. The molecule has 0 aliphatic heterocycles. The van der Waals surface area contributed by atoms with Crippen LogP contribution in [0.1, 0.15) is 61.3 Å². The van der Waals surface area contributed by atoms with Crippen LogP contribution in [0.3, 0.4) is 0 Å². The van der Waals surface area contributed by atoms with E-state index in [1.165, 1.54) is 24.0 Å². The Morgan fingerprint density at radius 3 is 2.21 bits per heavy atom. The van der Waals surface area contributed by atoms with E-state index >= 15 is 0 Å². The fraction of sp³-hybridized carbons (Fsp3) is 0.455. The van der Waals surface area contributed by atoms with Gasteiger partial charge in [-0.3, -0.25) is 0 Å². The number of hydrogen-bond acceptors (Lipinski definition) is 2. The number of phenolic OH excluding ortho intramolecular Hbond substituents is 2. The highest BCUT2D eigenvalue weighted by atomic mass is 16.3. The van der Waals surface area contributed by atoms with Crippen LogP contribution in [0.15, 0.2) is 36.4 Å². The fourth-order valence-electron chi connectivity index (χ4n) is 4.64. The first-order valence-electron chi connectivity index (χ1n) is 8.92. The number of aromatic hydroxyl groups is 2. The summed E-state index contributed by atoms with van der Waals surface area (Å²) < 4.78 is 0. The maximum Gasteiger partial charge on any atom is 0.118 e. The van der Waals surface area contributed by atoms with Crippen LogP contribution >= 0.6 is 0 Å². The highest BCUT2D eigenvalue weighted by molar-refractivity contribution is 5.43. The van der Waals surface area contributed by atoms with Crippen molar-refractivity contribution >= 4 is 0 Å². The van der Waals surface area contributed by atoms with Gasteiger partial charge in [0.05, 0.1) is 0 Å². The van der Waals surface area contributed by atoms with Crippen LogP contribution in [0.25, 0.3) is 0 Å². The largest absolute Gasteiger partial charge is 0.508 e. The predicted molar refractivity (Wildman–Crippen MR) is 98.8 cm³/mol. The molecule has 0 heterocycles. The predicted octanol–water partition coefficient (Wildman–Crippen LogP) is 5.58. The number of rotatable bonds is 2. The van der Waals surface area contributed by atoms with Crippen molar-refractivity contribution in [3.8, 4) is 11.5 Å². The van der Waals surface area contributed by atoms with Crippen LogP contribution in [-0.4, -0.2) is 10.2 Å². The van der Waals surface area contributed by atoms with Crippen molar-refractivity contribution in [3.05, 3.63) is 58.7 Å². The van der Waals surface area contributed by atoms with Crippen molar-refractivity contribution in [3.63, 3.8) is 0 Å². The Hall–Kier alpha value is -1.96. The third-order valence-electron chi connectivity index (χ3n) is 6.05. The van der Waals surface area contributed by atoms with Crippen molar-refractivity contribution in [2.45, 2.75) is 58.3 Å². The maximum absolute atomic E-state index is 9.90. The molecular weight excluding hydrogens is 296 g/mol. The van der Waals surface area contributed by atoms with E-state index in [4.69, 9.17) is 0 Å². The second kappa shape index (κ2) is 6.16. The van der Waals surface area contributed by atoms with E-state index in [1.807, 2.05) is 26.0 Å². The summed E-state index contributed by atoms with van der Waals surface area (Å²) in [6.07, 6.45) is 3.61. The van der Waals surface area contributed by atoms with Crippen LogP contribution in [0.5, 0.6) is 11.5 Å². The summed E-state index contributed by atoms with van der Waals surface area (Å²) in [5, 5.41) is 19.8. The summed E-state index contributed by atoms with van der Waals surface area (Å²) in [7, 11) is 0. The molecule has 24 heavy (non-hydrogen) atoms. The van der Waals surface area contributed by atoms with Gasteiger partial charge >= 0.3 is 0 Å². The highest BCUT2D eigenvalue weighted by Gasteiger charge is 2.42. The number of phenols is 2. The lowest BCUT2D eigenvalue weighted by Crippen LogP contribution is -2.38. The molecule has 3 atom stereocenters. The maximum atomic E-state index is 9.90. The van der Waals surface area contributed by atoms with Gasteiger partial charge in [0.25, 0.3) is 0 Å². The standard InChI is InChI=1S/C22H28O2/c1-14-6-5-11-22(4,18-8-10-20(24)16(3)13-18)21(14)17-7-9-19(23)15(2)12-17/h7-10,12-14,21,23-24H,5-6,11H2,1-4H3. The SMILES string of the molecule is Cc1cc(C2C(C)CCCC2(C)c2ccc(O)c(C)c2)ccc1O. The summed E-state index contributed by atoms with van der Waals surface area (Å²) in [5.41, 5.74) is 4.53. The van der Waals surface area contributed by atoms with Crippen molar-refractivity contribution in [2.24, 2.45) is 5.92 Å². The summed E-state index contributed by atoms with van der Waals surface area (Å²) >= 11 is 0. The molecule has 0 bridgehead atoms. The minimum atomic E-state index is 0.0412. The molecule has 1 aliphatic rings. The molecule has 1 saturated carbocycles. The van der Waals surface area contributed by atoms with Gasteiger partial charge in [0.1, 0.15) is 11.5 Å². The van der Waals surface area contributed by atoms with E-state index in [1.54, 1.807) is 0 Å². The Morgan fingerprint density at radius 1 is 0.958 bits per heavy atom. The first kappa shape index (κ1) is 16.9. The number of benzene rings is 2. The first-order chi connectivity index (χ1) is 11.3. The molecule has 2 N–H and O–H groups in total. The molecule has 2 nitrogen and oxygen atoms in total. The number of aryl methyl sites for hydroxylation is 2. The Bertz CT molecular complexity index is 750. The van der Waals surface area contributed by atoms with E-state index in [9.17, 15) is 10.2 Å². The lowest BCUT2D eigenvalue weighted by atomic mass is 9.58. The molecule has 0 saturated heterocycles. The van der Waals surface area contributed by atoms with Gasteiger partial charge in [0, 0.05) is 0 Å². The lowest BCUT2D eigenvalue weighted by Gasteiger charge is -2.46. The van der Waals surface area contributed by atoms with Gasteiger partial charge in [0.15, 0.2) is 0 Å². The molecular formula is C22H28O2. The second-order valence-corrected chi connectivity index (χ2v) is 7.81. The fourth-order valence-corrected chi connectivity index (χ4v) is 4.64. The van der Waals surface area contributed by atoms with Gasteiger partial charge in [-0.15, -0.1) is 0 Å². The highest BCUT2D eigenvalue weighted by Crippen LogP contribution is 2.52. The van der Waals surface area contributed by atoms with Gasteiger partial charge in [-0.1, -0.05) is 51.0 Å². The van der Waals surface area contributed by atoms with E-state index in [2.05, 4.69) is 38.1 Å². The smallest absolute Gasteiger partial charge is 0.118 e. The van der Waals surface area contributed by atoms with Crippen LogP contribution in [0.2, 0.25) is 0 Å². The second-order valence-electron chi connectivity index (χ2n) is 7.81. The lowest BCUT2D eigenvalue weighted by molar-refractivity contribution is 0.203. The number of hydrogen-bond donors (Lipinski definition) is 2. The van der Waals surface area contributed by atoms with Crippen molar-refractivity contribution < 1.29 is 10.2 Å². The molecule has 2 heteroatoms. The van der Waals surface area contributed by atoms with Crippen molar-refractivity contribution in [1.82, 2.24) is 0 Å². The molecule has 3 rings (SSSR count). The minimum absolute atomic E-state index is 0.0412. The van der Waals surface area contributed by atoms with E-state index in [0.717, 1.165) is 17.5 Å². The van der Waals surface area contributed by atoms with Crippen molar-refractivity contribution in [2.75, 3.05) is 0 Å². The van der Waals surface area contributed by atoms with Crippen LogP contribution in [0, 0.1) is 19.8 Å². The van der Waals surface area contributed by atoms with Gasteiger partial charge in [-0.25, -0.2) is 0 Å². The summed E-state index contributed by atoms with van der Waals surface area (Å²) in [6, 6.07) is 12.1. The van der Waals surface area contributed by atoms with Gasteiger partial charge in [-0.05, 0) is 71.9 Å². The molecule has 2 aromatic carbocycles. The average Bonchev–Trinajstić information content (AvgIpc) is 2.53. The molecule has 0 amide bonds. The molecule has 0 spiro atoms. The summed E-state index contributed by atoms with van der Waals surface area (Å²) in [4.78, 5) is 0. The Kier molecular flexibility index (Phi) is 4.33. The molecule has 0 aromatic heterocycles.